The highest BCUT2D eigenvalue weighted by molar-refractivity contribution is 9.10. The van der Waals surface area contributed by atoms with Crippen LogP contribution in [-0.4, -0.2) is 15.8 Å². The number of aromatic nitrogens is 2. The van der Waals surface area contributed by atoms with E-state index in [1.165, 1.54) is 5.56 Å². The van der Waals surface area contributed by atoms with Crippen molar-refractivity contribution in [2.24, 2.45) is 5.41 Å². The van der Waals surface area contributed by atoms with Gasteiger partial charge in [0, 0.05) is 39.2 Å². The number of H-pyrrole nitrogens is 1. The number of para-hydroxylation sites is 1. The Morgan fingerprint density at radius 1 is 1.11 bits per heavy atom. The first kappa shape index (κ1) is 17.6. The molecule has 4 heteroatoms. The van der Waals surface area contributed by atoms with E-state index >= 15 is 0 Å². The van der Waals surface area contributed by atoms with Gasteiger partial charge in [0.2, 0.25) is 0 Å². The molecule has 0 radical (unpaired) electrons. The molecule has 0 spiro atoms. The van der Waals surface area contributed by atoms with E-state index in [2.05, 4.69) is 59.0 Å². The van der Waals surface area contributed by atoms with E-state index in [-0.39, 0.29) is 11.2 Å². The molecule has 1 N–H and O–H groups in total. The predicted octanol–water partition coefficient (Wildman–Crippen LogP) is 6.22. The molecule has 2 aromatic carbocycles. The number of aromatic amines is 1. The molecular weight excluding hydrogens is 412 g/mol. The van der Waals surface area contributed by atoms with E-state index in [9.17, 15) is 4.79 Å². The Bertz CT molecular complexity index is 1250. The zero-order chi connectivity index (χ0) is 19.5. The lowest BCUT2D eigenvalue weighted by Gasteiger charge is -2.30. The summed E-state index contributed by atoms with van der Waals surface area (Å²) in [7, 11) is 0. The van der Waals surface area contributed by atoms with Crippen molar-refractivity contribution in [3.05, 3.63) is 75.5 Å². The molecule has 2 heterocycles. The maximum Gasteiger partial charge on any atom is 0.165 e. The number of nitrogens with zero attached hydrogens (tertiary/aromatic N) is 1. The lowest BCUT2D eigenvalue weighted by molar-refractivity contribution is 0.0912. The molecule has 2 aromatic heterocycles. The summed E-state index contributed by atoms with van der Waals surface area (Å²) in [5, 5.41) is 2.16. The minimum atomic E-state index is -0.0517. The summed E-state index contributed by atoms with van der Waals surface area (Å²) < 4.78 is 1.06. The third kappa shape index (κ3) is 2.87. The second-order valence-corrected chi connectivity index (χ2v) is 9.46. The molecule has 140 valence electrons. The van der Waals surface area contributed by atoms with Crippen LogP contribution < -0.4 is 0 Å². The quantitative estimate of drug-likeness (QED) is 0.408. The molecule has 0 fully saturated rings. The first-order chi connectivity index (χ1) is 13.4. The van der Waals surface area contributed by atoms with Gasteiger partial charge in [-0.1, -0.05) is 60.1 Å². The van der Waals surface area contributed by atoms with Gasteiger partial charge in [-0.25, -0.2) is 0 Å². The van der Waals surface area contributed by atoms with Gasteiger partial charge in [-0.05, 0) is 35.6 Å². The van der Waals surface area contributed by atoms with E-state index in [1.54, 1.807) is 0 Å². The van der Waals surface area contributed by atoms with Crippen molar-refractivity contribution in [2.75, 3.05) is 0 Å². The fourth-order valence-electron chi connectivity index (χ4n) is 4.47. The molecule has 0 bridgehead atoms. The normalized spacial score (nSPS) is 15.9. The van der Waals surface area contributed by atoms with E-state index in [0.717, 1.165) is 56.1 Å². The largest absolute Gasteiger partial charge is 0.353 e. The number of carbonyl (C=O) groups excluding carboxylic acids is 1. The summed E-state index contributed by atoms with van der Waals surface area (Å²) >= 11 is 3.56. The van der Waals surface area contributed by atoms with Crippen LogP contribution in [0.1, 0.15) is 47.6 Å². The second kappa shape index (κ2) is 6.28. The third-order valence-corrected chi connectivity index (χ3v) is 6.12. The van der Waals surface area contributed by atoms with Crippen LogP contribution in [-0.2, 0) is 12.8 Å². The van der Waals surface area contributed by atoms with Crippen LogP contribution in [0.2, 0.25) is 0 Å². The van der Waals surface area contributed by atoms with Crippen molar-refractivity contribution >= 4 is 43.5 Å². The van der Waals surface area contributed by atoms with Gasteiger partial charge in [0.05, 0.1) is 16.9 Å². The van der Waals surface area contributed by atoms with Gasteiger partial charge >= 0.3 is 0 Å². The Balaban J connectivity index is 1.81. The summed E-state index contributed by atoms with van der Waals surface area (Å²) in [5.74, 6) is 0.211. The van der Waals surface area contributed by atoms with E-state index in [1.807, 2.05) is 24.3 Å². The van der Waals surface area contributed by atoms with Crippen LogP contribution in [0, 0.1) is 5.41 Å². The van der Waals surface area contributed by atoms with Gasteiger partial charge in [-0.15, -0.1) is 0 Å². The molecule has 0 unspecified atom stereocenters. The fraction of sp³-hybridized carbons (Fsp3) is 0.250. The lowest BCUT2D eigenvalue weighted by atomic mass is 9.74. The highest BCUT2D eigenvalue weighted by Gasteiger charge is 2.34. The van der Waals surface area contributed by atoms with Crippen LogP contribution in [0.3, 0.4) is 0 Å². The molecule has 0 saturated carbocycles. The van der Waals surface area contributed by atoms with Gasteiger partial charge in [0.1, 0.15) is 0 Å². The Morgan fingerprint density at radius 2 is 1.93 bits per heavy atom. The number of pyridine rings is 1. The number of nitrogens with one attached hydrogen (secondary N) is 1. The Hall–Kier alpha value is -2.46. The average Bonchev–Trinajstić information content (AvgIpc) is 3.00. The summed E-state index contributed by atoms with van der Waals surface area (Å²) in [6, 6.07) is 16.6. The maximum atomic E-state index is 13.1. The first-order valence-corrected chi connectivity index (χ1v) is 10.4. The molecule has 0 aliphatic heterocycles. The SMILES string of the molecule is CC1(C)CC(=O)c2c(nc(Cc3cccc(Br)c3)c3[nH]c4ccccc4c23)C1. The van der Waals surface area contributed by atoms with Crippen LogP contribution in [0.25, 0.3) is 21.8 Å². The number of Topliss-reactive ketones (excluding diaryl/α,β-unsaturated/α-hetero) is 1. The fourth-order valence-corrected chi connectivity index (χ4v) is 4.92. The zero-order valence-corrected chi connectivity index (χ0v) is 17.6. The summed E-state index contributed by atoms with van der Waals surface area (Å²) in [4.78, 5) is 21.7. The van der Waals surface area contributed by atoms with Gasteiger partial charge in [0.25, 0.3) is 0 Å². The van der Waals surface area contributed by atoms with Crippen LogP contribution in [0.5, 0.6) is 0 Å². The standard InChI is InChI=1S/C24H21BrN2O/c1-24(2)12-19-22(20(28)13-24)21-16-8-3-4-9-17(16)27-23(21)18(26-19)11-14-6-5-7-15(25)10-14/h3-10,27H,11-13H2,1-2H3. The molecule has 5 rings (SSSR count). The Kier molecular flexibility index (Phi) is 3.95. The maximum absolute atomic E-state index is 13.1. The summed E-state index contributed by atoms with van der Waals surface area (Å²) in [6.07, 6.45) is 2.13. The molecular formula is C24H21BrN2O. The van der Waals surface area contributed by atoms with Crippen LogP contribution in [0.4, 0.5) is 0 Å². The number of carbonyl (C=O) groups is 1. The van der Waals surface area contributed by atoms with Crippen LogP contribution in [0.15, 0.2) is 53.0 Å². The molecule has 0 atom stereocenters. The van der Waals surface area contributed by atoms with Crippen LogP contribution >= 0.6 is 15.9 Å². The number of hydrogen-bond acceptors (Lipinski definition) is 2. The highest BCUT2D eigenvalue weighted by atomic mass is 79.9. The number of fused-ring (bicyclic) bond motifs is 5. The Morgan fingerprint density at radius 3 is 2.75 bits per heavy atom. The van der Waals surface area contributed by atoms with E-state index < -0.39 is 0 Å². The smallest absolute Gasteiger partial charge is 0.165 e. The molecule has 4 aromatic rings. The van der Waals surface area contributed by atoms with Crippen molar-refractivity contribution in [1.29, 1.82) is 0 Å². The first-order valence-electron chi connectivity index (χ1n) is 9.61. The van der Waals surface area contributed by atoms with Crippen molar-refractivity contribution < 1.29 is 4.79 Å². The van der Waals surface area contributed by atoms with E-state index in [0.29, 0.717) is 6.42 Å². The highest BCUT2D eigenvalue weighted by Crippen LogP contribution is 2.40. The number of halogens is 1. The van der Waals surface area contributed by atoms with Crippen molar-refractivity contribution in [3.63, 3.8) is 0 Å². The number of benzene rings is 2. The number of rotatable bonds is 2. The van der Waals surface area contributed by atoms with Crippen molar-refractivity contribution in [1.82, 2.24) is 9.97 Å². The van der Waals surface area contributed by atoms with Crippen molar-refractivity contribution in [3.8, 4) is 0 Å². The molecule has 0 saturated heterocycles. The van der Waals surface area contributed by atoms with Gasteiger partial charge in [-0.2, -0.15) is 0 Å². The number of hydrogen-bond donors (Lipinski definition) is 1. The summed E-state index contributed by atoms with van der Waals surface area (Å²) in [5.41, 5.74) is 5.97. The Labute approximate surface area is 172 Å². The van der Waals surface area contributed by atoms with Crippen molar-refractivity contribution in [2.45, 2.75) is 33.1 Å². The minimum Gasteiger partial charge on any atom is -0.353 e. The van der Waals surface area contributed by atoms with Gasteiger partial charge in [-0.3, -0.25) is 9.78 Å². The molecule has 1 aliphatic carbocycles. The second-order valence-electron chi connectivity index (χ2n) is 8.55. The predicted molar refractivity (Wildman–Crippen MR) is 117 cm³/mol. The molecule has 1 aliphatic rings. The summed E-state index contributed by atoms with van der Waals surface area (Å²) in [6.45, 7) is 4.31. The van der Waals surface area contributed by atoms with Gasteiger partial charge in [0.15, 0.2) is 5.78 Å². The number of ketones is 1. The lowest BCUT2D eigenvalue weighted by Crippen LogP contribution is -2.28. The third-order valence-electron chi connectivity index (χ3n) is 5.63. The monoisotopic (exact) mass is 432 g/mol. The van der Waals surface area contributed by atoms with E-state index in [4.69, 9.17) is 4.98 Å². The average molecular weight is 433 g/mol. The zero-order valence-electron chi connectivity index (χ0n) is 16.0. The van der Waals surface area contributed by atoms with Gasteiger partial charge < -0.3 is 4.98 Å². The minimum absolute atomic E-state index is 0.0517. The molecule has 28 heavy (non-hydrogen) atoms. The molecule has 3 nitrogen and oxygen atoms in total. The molecule has 0 amide bonds. The topological polar surface area (TPSA) is 45.8 Å².